The fourth-order valence-electron chi connectivity index (χ4n) is 8.56. The smallest absolute Gasteiger partial charge is 0.161 e. The van der Waals surface area contributed by atoms with E-state index in [1.54, 1.807) is 0 Å². The molecule has 9 aromatic rings. The molecule has 10 rings (SSSR count). The lowest BCUT2D eigenvalue weighted by Crippen LogP contribution is -2.16. The molecule has 0 atom stereocenters. The number of aromatic nitrogens is 2. The van der Waals surface area contributed by atoms with Crippen LogP contribution in [0.1, 0.15) is 25.0 Å². The van der Waals surface area contributed by atoms with Crippen LogP contribution < -0.4 is 0 Å². The van der Waals surface area contributed by atoms with E-state index >= 15 is 0 Å². The van der Waals surface area contributed by atoms with Crippen LogP contribution in [0.3, 0.4) is 0 Å². The lowest BCUT2D eigenvalue weighted by atomic mass is 9.78. The van der Waals surface area contributed by atoms with E-state index in [2.05, 4.69) is 190 Å². The average molecular weight is 677 g/mol. The van der Waals surface area contributed by atoms with Crippen LogP contribution in [0.25, 0.3) is 88.8 Å². The summed E-state index contributed by atoms with van der Waals surface area (Å²) in [7, 11) is 0. The van der Waals surface area contributed by atoms with Crippen molar-refractivity contribution >= 4 is 21.5 Å². The molecule has 2 heteroatoms. The van der Waals surface area contributed by atoms with E-state index in [-0.39, 0.29) is 5.41 Å². The minimum atomic E-state index is -0.167. The molecule has 1 heterocycles. The fourth-order valence-corrected chi connectivity index (χ4v) is 8.56. The van der Waals surface area contributed by atoms with E-state index in [1.807, 2.05) is 6.07 Å². The highest BCUT2D eigenvalue weighted by Crippen LogP contribution is 2.54. The molecule has 53 heavy (non-hydrogen) atoms. The molecule has 0 saturated heterocycles. The molecule has 0 radical (unpaired) electrons. The van der Waals surface area contributed by atoms with Crippen molar-refractivity contribution in [2.75, 3.05) is 0 Å². The summed E-state index contributed by atoms with van der Waals surface area (Å²) in [6.45, 7) is 4.76. The molecule has 1 aliphatic rings. The van der Waals surface area contributed by atoms with Crippen molar-refractivity contribution in [2.45, 2.75) is 19.3 Å². The maximum Gasteiger partial charge on any atom is 0.161 e. The molecule has 0 N–H and O–H groups in total. The van der Waals surface area contributed by atoms with Gasteiger partial charge in [-0.05, 0) is 90.3 Å². The minimum Gasteiger partial charge on any atom is -0.228 e. The Labute approximate surface area is 310 Å². The summed E-state index contributed by atoms with van der Waals surface area (Å²) in [5.41, 5.74) is 15.0. The quantitative estimate of drug-likeness (QED) is 0.181. The van der Waals surface area contributed by atoms with Gasteiger partial charge in [0.2, 0.25) is 0 Å². The summed E-state index contributed by atoms with van der Waals surface area (Å²) in [6.07, 6.45) is 0. The largest absolute Gasteiger partial charge is 0.228 e. The summed E-state index contributed by atoms with van der Waals surface area (Å²) in [5.74, 6) is 0.713. The van der Waals surface area contributed by atoms with Crippen molar-refractivity contribution in [2.24, 2.45) is 0 Å². The first-order valence-corrected chi connectivity index (χ1v) is 18.3. The Balaban J connectivity index is 1.17. The first kappa shape index (κ1) is 31.1. The monoisotopic (exact) mass is 676 g/mol. The molecule has 0 amide bonds. The lowest BCUT2D eigenvalue weighted by Gasteiger charge is -2.25. The second-order valence-electron chi connectivity index (χ2n) is 14.5. The van der Waals surface area contributed by atoms with Crippen LogP contribution in [0.15, 0.2) is 182 Å². The highest BCUT2D eigenvalue weighted by molar-refractivity contribution is 6.06. The van der Waals surface area contributed by atoms with E-state index in [4.69, 9.17) is 9.97 Å². The van der Waals surface area contributed by atoms with Gasteiger partial charge < -0.3 is 0 Å². The summed E-state index contributed by atoms with van der Waals surface area (Å²) < 4.78 is 0. The van der Waals surface area contributed by atoms with Crippen molar-refractivity contribution < 1.29 is 0 Å². The first-order chi connectivity index (χ1) is 26.0. The van der Waals surface area contributed by atoms with Crippen LogP contribution in [-0.4, -0.2) is 9.97 Å². The Hall–Kier alpha value is -6.64. The minimum absolute atomic E-state index is 0.167. The summed E-state index contributed by atoms with van der Waals surface area (Å²) in [6, 6.07) is 65.3. The molecular weight excluding hydrogens is 641 g/mol. The predicted molar refractivity (Wildman–Crippen MR) is 222 cm³/mol. The topological polar surface area (TPSA) is 25.8 Å². The van der Waals surface area contributed by atoms with Gasteiger partial charge in [0, 0.05) is 22.1 Å². The van der Waals surface area contributed by atoms with Crippen LogP contribution in [0.4, 0.5) is 0 Å². The molecule has 0 fully saturated rings. The van der Waals surface area contributed by atoms with Crippen LogP contribution in [0.2, 0.25) is 0 Å². The average Bonchev–Trinajstić information content (AvgIpc) is 3.45. The normalized spacial score (nSPS) is 12.9. The zero-order valence-corrected chi connectivity index (χ0v) is 29.7. The number of nitrogens with zero attached hydrogens (tertiary/aromatic N) is 2. The SMILES string of the molecule is CC1(C)c2cc3ccccc3cc2-c2cccc(-c3ccc(-c4nc(-c5ccccc5)cc(-c5ccccc5-c5ccccc5)n4)c4ccccc34)c21. The zero-order chi connectivity index (χ0) is 35.5. The molecule has 0 bridgehead atoms. The Kier molecular flexibility index (Phi) is 7.19. The molecule has 1 aliphatic carbocycles. The van der Waals surface area contributed by atoms with Gasteiger partial charge in [-0.3, -0.25) is 0 Å². The third-order valence-corrected chi connectivity index (χ3v) is 11.1. The third-order valence-electron chi connectivity index (χ3n) is 11.1. The number of hydrogen-bond donors (Lipinski definition) is 0. The molecule has 8 aromatic carbocycles. The molecule has 0 spiro atoms. The standard InChI is InChI=1S/C51H36N2/c1-51(2)46-31-36-21-10-9-20-35(36)30-45(46)43-27-15-26-42(49(43)51)40-28-29-44(39-24-13-12-23-38(39)40)50-52-47(34-18-7-4-8-19-34)32-48(53-50)41-25-14-11-22-37(41)33-16-5-3-6-17-33/h3-32H,1-2H3. The van der Waals surface area contributed by atoms with E-state index in [1.165, 1.54) is 49.5 Å². The van der Waals surface area contributed by atoms with Crippen LogP contribution in [0.5, 0.6) is 0 Å². The Bertz CT molecular complexity index is 2850. The van der Waals surface area contributed by atoms with Crippen molar-refractivity contribution in [1.82, 2.24) is 9.97 Å². The van der Waals surface area contributed by atoms with Gasteiger partial charge in [-0.1, -0.05) is 172 Å². The highest BCUT2D eigenvalue weighted by atomic mass is 14.9. The Morgan fingerprint density at radius 2 is 0.887 bits per heavy atom. The summed E-state index contributed by atoms with van der Waals surface area (Å²) in [4.78, 5) is 10.6. The van der Waals surface area contributed by atoms with Gasteiger partial charge in [0.15, 0.2) is 5.82 Å². The van der Waals surface area contributed by atoms with E-state index in [0.29, 0.717) is 5.82 Å². The van der Waals surface area contributed by atoms with Crippen molar-refractivity contribution in [3.8, 4) is 67.3 Å². The van der Waals surface area contributed by atoms with Gasteiger partial charge in [0.1, 0.15) is 0 Å². The molecular formula is C51H36N2. The number of rotatable bonds is 5. The fraction of sp³-hybridized carbons (Fsp3) is 0.0588. The Morgan fingerprint density at radius 1 is 0.358 bits per heavy atom. The molecule has 2 nitrogen and oxygen atoms in total. The van der Waals surface area contributed by atoms with Gasteiger partial charge in [-0.15, -0.1) is 0 Å². The first-order valence-electron chi connectivity index (χ1n) is 18.3. The van der Waals surface area contributed by atoms with Crippen LogP contribution in [-0.2, 0) is 5.41 Å². The highest BCUT2D eigenvalue weighted by Gasteiger charge is 2.38. The molecule has 1 aromatic heterocycles. The van der Waals surface area contributed by atoms with E-state index in [9.17, 15) is 0 Å². The predicted octanol–water partition coefficient (Wildman–Crippen LogP) is 13.4. The van der Waals surface area contributed by atoms with Gasteiger partial charge in [0.05, 0.1) is 11.4 Å². The van der Waals surface area contributed by atoms with E-state index in [0.717, 1.165) is 44.6 Å². The second-order valence-corrected chi connectivity index (χ2v) is 14.5. The van der Waals surface area contributed by atoms with Gasteiger partial charge in [0.25, 0.3) is 0 Å². The van der Waals surface area contributed by atoms with Gasteiger partial charge in [-0.25, -0.2) is 9.97 Å². The number of fused-ring (bicyclic) bond motifs is 5. The summed E-state index contributed by atoms with van der Waals surface area (Å²) >= 11 is 0. The molecule has 0 unspecified atom stereocenters. The van der Waals surface area contributed by atoms with Crippen molar-refractivity contribution in [3.63, 3.8) is 0 Å². The summed E-state index contributed by atoms with van der Waals surface area (Å²) in [5, 5.41) is 4.88. The molecule has 0 saturated carbocycles. The maximum absolute atomic E-state index is 5.36. The maximum atomic E-state index is 5.36. The van der Waals surface area contributed by atoms with Crippen LogP contribution in [0, 0.1) is 0 Å². The lowest BCUT2D eigenvalue weighted by molar-refractivity contribution is 0.663. The second kappa shape index (κ2) is 12.3. The molecule has 250 valence electrons. The van der Waals surface area contributed by atoms with Crippen molar-refractivity contribution in [1.29, 1.82) is 0 Å². The van der Waals surface area contributed by atoms with Crippen LogP contribution >= 0.6 is 0 Å². The Morgan fingerprint density at radius 3 is 1.62 bits per heavy atom. The molecule has 0 aliphatic heterocycles. The van der Waals surface area contributed by atoms with Gasteiger partial charge in [-0.2, -0.15) is 0 Å². The van der Waals surface area contributed by atoms with E-state index < -0.39 is 0 Å². The number of hydrogen-bond acceptors (Lipinski definition) is 2. The number of benzene rings is 8. The third kappa shape index (κ3) is 5.10. The van der Waals surface area contributed by atoms with Crippen molar-refractivity contribution in [3.05, 3.63) is 193 Å². The zero-order valence-electron chi connectivity index (χ0n) is 29.7. The van der Waals surface area contributed by atoms with Gasteiger partial charge >= 0.3 is 0 Å².